The second-order valence-electron chi connectivity index (χ2n) is 6.26. The molecule has 3 rings (SSSR count). The molecule has 152 valence electrons. The number of nitrogens with zero attached hydrogens (tertiary/aromatic N) is 1. The highest BCUT2D eigenvalue weighted by atomic mass is 79.9. The number of hydrogen-bond acceptors (Lipinski definition) is 6. The van der Waals surface area contributed by atoms with Gasteiger partial charge in [-0.25, -0.2) is 13.2 Å². The van der Waals surface area contributed by atoms with E-state index >= 15 is 0 Å². The van der Waals surface area contributed by atoms with E-state index in [0.717, 1.165) is 9.37 Å². The van der Waals surface area contributed by atoms with Crippen molar-refractivity contribution >= 4 is 49.4 Å². The van der Waals surface area contributed by atoms with E-state index in [9.17, 15) is 22.8 Å². The number of sulfonamides is 1. The van der Waals surface area contributed by atoms with Gasteiger partial charge in [0.05, 0.1) is 10.5 Å². The quantitative estimate of drug-likeness (QED) is 0.636. The summed E-state index contributed by atoms with van der Waals surface area (Å²) in [5.74, 6) is -1.65. The van der Waals surface area contributed by atoms with Crippen molar-refractivity contribution < 1.29 is 27.5 Å². The minimum Gasteiger partial charge on any atom is -0.452 e. The normalized spacial score (nSPS) is 14.0. The van der Waals surface area contributed by atoms with Gasteiger partial charge in [0.15, 0.2) is 6.61 Å². The Kier molecular flexibility index (Phi) is 6.33. The molecule has 0 aliphatic carbocycles. The summed E-state index contributed by atoms with van der Waals surface area (Å²) in [6, 6.07) is 11.8. The first-order valence-corrected chi connectivity index (χ1v) is 10.9. The fraction of sp³-hybridized carbons (Fsp3) is 0.211. The molecule has 1 saturated heterocycles. The molecule has 1 heterocycles. The molecule has 0 saturated carbocycles. The number of carbonyl (C=O) groups excluding carboxylic acids is 3. The molecule has 0 unspecified atom stereocenters. The van der Waals surface area contributed by atoms with Crippen molar-refractivity contribution in [1.82, 2.24) is 4.90 Å². The molecule has 10 heteroatoms. The van der Waals surface area contributed by atoms with E-state index in [-0.39, 0.29) is 22.1 Å². The van der Waals surface area contributed by atoms with Crippen molar-refractivity contribution in [2.45, 2.75) is 17.7 Å². The van der Waals surface area contributed by atoms with E-state index in [4.69, 9.17) is 4.74 Å². The fourth-order valence-electron chi connectivity index (χ4n) is 2.74. The average molecular weight is 481 g/mol. The number of carbonyl (C=O) groups is 3. The van der Waals surface area contributed by atoms with E-state index in [2.05, 4.69) is 20.7 Å². The molecule has 8 nitrogen and oxygen atoms in total. The Morgan fingerprint density at radius 1 is 1.14 bits per heavy atom. The Labute approximate surface area is 176 Å². The average Bonchev–Trinajstić information content (AvgIpc) is 3.12. The third-order valence-corrected chi connectivity index (χ3v) is 6.10. The van der Waals surface area contributed by atoms with Gasteiger partial charge < -0.3 is 4.74 Å². The Morgan fingerprint density at radius 2 is 1.86 bits per heavy atom. The van der Waals surface area contributed by atoms with E-state index < -0.39 is 28.5 Å². The molecule has 0 spiro atoms. The Balaban J connectivity index is 1.65. The molecular weight excluding hydrogens is 464 g/mol. The summed E-state index contributed by atoms with van der Waals surface area (Å²) in [5.41, 5.74) is 0.241. The molecule has 2 aromatic carbocycles. The van der Waals surface area contributed by atoms with Crippen LogP contribution in [0.5, 0.6) is 0 Å². The third kappa shape index (κ3) is 5.21. The van der Waals surface area contributed by atoms with Gasteiger partial charge in [0, 0.05) is 23.1 Å². The second kappa shape index (κ2) is 8.75. The number of imide groups is 1. The van der Waals surface area contributed by atoms with Crippen LogP contribution in [0.25, 0.3) is 0 Å². The summed E-state index contributed by atoms with van der Waals surface area (Å²) in [4.78, 5) is 36.8. The lowest BCUT2D eigenvalue weighted by Crippen LogP contribution is -2.35. The van der Waals surface area contributed by atoms with Crippen LogP contribution in [0.1, 0.15) is 23.2 Å². The van der Waals surface area contributed by atoms with E-state index in [0.29, 0.717) is 19.4 Å². The van der Waals surface area contributed by atoms with Crippen LogP contribution in [0.2, 0.25) is 0 Å². The Morgan fingerprint density at radius 3 is 2.52 bits per heavy atom. The first-order valence-electron chi connectivity index (χ1n) is 8.65. The number of nitrogens with one attached hydrogen (secondary N) is 1. The van der Waals surface area contributed by atoms with Gasteiger partial charge in [0.25, 0.3) is 15.9 Å². The zero-order valence-corrected chi connectivity index (χ0v) is 17.5. The van der Waals surface area contributed by atoms with Gasteiger partial charge in [-0.2, -0.15) is 0 Å². The summed E-state index contributed by atoms with van der Waals surface area (Å²) in [7, 11) is -3.84. The first-order chi connectivity index (χ1) is 13.8. The highest BCUT2D eigenvalue weighted by Gasteiger charge is 2.27. The molecule has 0 atom stereocenters. The summed E-state index contributed by atoms with van der Waals surface area (Å²) in [5, 5.41) is 0. The first kappa shape index (κ1) is 21.0. The molecule has 0 aromatic heterocycles. The van der Waals surface area contributed by atoms with Crippen molar-refractivity contribution in [3.8, 4) is 0 Å². The van der Waals surface area contributed by atoms with Crippen molar-refractivity contribution in [1.29, 1.82) is 0 Å². The highest BCUT2D eigenvalue weighted by molar-refractivity contribution is 9.10. The topological polar surface area (TPSA) is 110 Å². The summed E-state index contributed by atoms with van der Waals surface area (Å²) in [6.07, 6.45) is 0.902. The predicted molar refractivity (Wildman–Crippen MR) is 108 cm³/mol. The molecule has 2 aromatic rings. The second-order valence-corrected chi connectivity index (χ2v) is 8.86. The van der Waals surface area contributed by atoms with Gasteiger partial charge in [-0.15, -0.1) is 0 Å². The lowest BCUT2D eigenvalue weighted by Gasteiger charge is -2.13. The Bertz CT molecular complexity index is 1050. The molecule has 2 amide bonds. The smallest absolute Gasteiger partial charge is 0.338 e. The van der Waals surface area contributed by atoms with Gasteiger partial charge >= 0.3 is 5.97 Å². The summed E-state index contributed by atoms with van der Waals surface area (Å²) in [6.45, 7) is -0.234. The molecule has 1 fully saturated rings. The van der Waals surface area contributed by atoms with Crippen LogP contribution < -0.4 is 4.72 Å². The standard InChI is InChI=1S/C19H17BrN2O6S/c20-14-6-8-16(9-7-14)29(26,27)21-15-4-1-3-13(11-15)19(25)28-12-18(24)22-10-2-5-17(22)23/h1,3-4,6-9,11,21H,2,5,10,12H2. The summed E-state index contributed by atoms with van der Waals surface area (Å²) >= 11 is 3.24. The minimum absolute atomic E-state index is 0.0644. The van der Waals surface area contributed by atoms with Crippen LogP contribution >= 0.6 is 15.9 Å². The zero-order chi connectivity index (χ0) is 21.0. The molecular formula is C19H17BrN2O6S. The minimum atomic E-state index is -3.84. The number of halogens is 1. The van der Waals surface area contributed by atoms with Crippen molar-refractivity contribution in [2.24, 2.45) is 0 Å². The van der Waals surface area contributed by atoms with Gasteiger partial charge in [0.1, 0.15) is 0 Å². The van der Waals surface area contributed by atoms with Crippen molar-refractivity contribution in [3.63, 3.8) is 0 Å². The fourth-order valence-corrected chi connectivity index (χ4v) is 4.05. The molecule has 0 radical (unpaired) electrons. The van der Waals surface area contributed by atoms with Crippen LogP contribution in [-0.4, -0.2) is 44.3 Å². The molecule has 1 aliphatic rings. The molecule has 1 N–H and O–H groups in total. The van der Waals surface area contributed by atoms with E-state index in [1.54, 1.807) is 12.1 Å². The number of anilines is 1. The number of benzene rings is 2. The van der Waals surface area contributed by atoms with Gasteiger partial charge in [-0.3, -0.25) is 19.2 Å². The molecule has 29 heavy (non-hydrogen) atoms. The number of ether oxygens (including phenoxy) is 1. The number of rotatable bonds is 6. The largest absolute Gasteiger partial charge is 0.452 e. The number of esters is 1. The Hall–Kier alpha value is -2.72. The highest BCUT2D eigenvalue weighted by Crippen LogP contribution is 2.20. The number of likely N-dealkylation sites (tertiary alicyclic amines) is 1. The zero-order valence-electron chi connectivity index (χ0n) is 15.1. The SMILES string of the molecule is O=C(OCC(=O)N1CCCC1=O)c1cccc(NS(=O)(=O)c2ccc(Br)cc2)c1. The van der Waals surface area contributed by atoms with Crippen molar-refractivity contribution in [3.05, 3.63) is 58.6 Å². The molecule has 1 aliphatic heterocycles. The predicted octanol–water partition coefficient (Wildman–Crippen LogP) is 2.56. The maximum absolute atomic E-state index is 12.5. The van der Waals surface area contributed by atoms with Gasteiger partial charge in [-0.05, 0) is 48.9 Å². The van der Waals surface area contributed by atoms with Crippen LogP contribution in [0.3, 0.4) is 0 Å². The van der Waals surface area contributed by atoms with Crippen LogP contribution in [0, 0.1) is 0 Å². The van der Waals surface area contributed by atoms with Crippen LogP contribution in [0.15, 0.2) is 57.9 Å². The van der Waals surface area contributed by atoms with Crippen LogP contribution in [-0.2, 0) is 24.3 Å². The lowest BCUT2D eigenvalue weighted by atomic mass is 10.2. The maximum atomic E-state index is 12.5. The molecule has 0 bridgehead atoms. The number of hydrogen-bond donors (Lipinski definition) is 1. The van der Waals surface area contributed by atoms with E-state index in [1.807, 2.05) is 0 Å². The maximum Gasteiger partial charge on any atom is 0.338 e. The van der Waals surface area contributed by atoms with Crippen LogP contribution in [0.4, 0.5) is 5.69 Å². The van der Waals surface area contributed by atoms with Gasteiger partial charge in [0.2, 0.25) is 5.91 Å². The van der Waals surface area contributed by atoms with Gasteiger partial charge in [-0.1, -0.05) is 22.0 Å². The van der Waals surface area contributed by atoms with E-state index in [1.165, 1.54) is 36.4 Å². The van der Waals surface area contributed by atoms with Crippen molar-refractivity contribution in [2.75, 3.05) is 17.9 Å². The lowest BCUT2D eigenvalue weighted by molar-refractivity contribution is -0.143. The summed E-state index contributed by atoms with van der Waals surface area (Å²) < 4.78 is 33.0. The monoisotopic (exact) mass is 480 g/mol. The number of amides is 2. The third-order valence-electron chi connectivity index (χ3n) is 4.18.